The van der Waals surface area contributed by atoms with Gasteiger partial charge in [-0.3, -0.25) is 13.9 Å². The highest BCUT2D eigenvalue weighted by atomic mass is 35.5. The van der Waals surface area contributed by atoms with Crippen LogP contribution in [0.3, 0.4) is 0 Å². The molecule has 1 N–H and O–H groups in total. The second-order valence-corrected chi connectivity index (χ2v) is 10.7. The first kappa shape index (κ1) is 27.0. The van der Waals surface area contributed by atoms with E-state index in [0.717, 1.165) is 16.1 Å². The summed E-state index contributed by atoms with van der Waals surface area (Å²) in [5.41, 5.74) is 0.910. The van der Waals surface area contributed by atoms with E-state index in [2.05, 4.69) is 5.32 Å². The summed E-state index contributed by atoms with van der Waals surface area (Å²) in [6.45, 7) is 5.08. The maximum atomic E-state index is 13.5. The number of carbonyl (C=O) groups excluding carboxylic acids is 2. The molecule has 0 spiro atoms. The normalized spacial score (nSPS) is 12.3. The first-order valence-electron chi connectivity index (χ1n) is 10.5. The van der Waals surface area contributed by atoms with Gasteiger partial charge >= 0.3 is 0 Å². The van der Waals surface area contributed by atoms with Gasteiger partial charge in [-0.1, -0.05) is 60.5 Å². The van der Waals surface area contributed by atoms with E-state index < -0.39 is 28.5 Å². The topological polar surface area (TPSA) is 86.8 Å². The average molecular weight is 514 g/mol. The van der Waals surface area contributed by atoms with Crippen LogP contribution in [0, 0.1) is 0 Å². The summed E-state index contributed by atoms with van der Waals surface area (Å²) < 4.78 is 26.1. The van der Waals surface area contributed by atoms with Gasteiger partial charge in [-0.2, -0.15) is 0 Å². The molecule has 1 atom stereocenters. The number of nitrogens with zero attached hydrogens (tertiary/aromatic N) is 2. The highest BCUT2D eigenvalue weighted by molar-refractivity contribution is 7.92. The van der Waals surface area contributed by atoms with Crippen LogP contribution in [0.2, 0.25) is 10.0 Å². The molecule has 0 saturated heterocycles. The standard InChI is InChI=1S/C23H29Cl2N3O4S/c1-5-20(23(30)26-16(2)3)27(14-17-9-7-6-8-10-17)22(29)15-28(33(4,31)32)21-13-18(24)11-12-19(21)25/h6-13,16,20H,5,14-15H2,1-4H3,(H,26,30)/t20-/m1/s1. The van der Waals surface area contributed by atoms with E-state index in [9.17, 15) is 18.0 Å². The molecule has 2 amide bonds. The third kappa shape index (κ3) is 7.62. The van der Waals surface area contributed by atoms with Crippen LogP contribution in [-0.4, -0.2) is 50.0 Å². The Morgan fingerprint density at radius 3 is 2.24 bits per heavy atom. The number of amides is 2. The zero-order valence-corrected chi connectivity index (χ0v) is 21.4. The minimum Gasteiger partial charge on any atom is -0.352 e. The number of halogens is 2. The fourth-order valence-electron chi connectivity index (χ4n) is 3.35. The molecule has 33 heavy (non-hydrogen) atoms. The van der Waals surface area contributed by atoms with Crippen molar-refractivity contribution < 1.29 is 18.0 Å². The molecule has 0 heterocycles. The van der Waals surface area contributed by atoms with Gasteiger partial charge < -0.3 is 10.2 Å². The lowest BCUT2D eigenvalue weighted by Crippen LogP contribution is -2.53. The van der Waals surface area contributed by atoms with E-state index in [1.807, 2.05) is 44.2 Å². The minimum atomic E-state index is -3.89. The van der Waals surface area contributed by atoms with E-state index >= 15 is 0 Å². The molecule has 0 bridgehead atoms. The number of hydrogen-bond donors (Lipinski definition) is 1. The molecule has 0 aliphatic rings. The Kier molecular flexibility index (Phi) is 9.57. The van der Waals surface area contributed by atoms with Crippen molar-refractivity contribution in [3.63, 3.8) is 0 Å². The summed E-state index contributed by atoms with van der Waals surface area (Å²) in [6.07, 6.45) is 1.34. The molecule has 2 aromatic carbocycles. The van der Waals surface area contributed by atoms with Gasteiger partial charge in [-0.25, -0.2) is 8.42 Å². The second-order valence-electron chi connectivity index (χ2n) is 7.96. The Bertz CT molecular complexity index is 1080. The number of sulfonamides is 1. The summed E-state index contributed by atoms with van der Waals surface area (Å²) in [5, 5.41) is 3.26. The van der Waals surface area contributed by atoms with Gasteiger partial charge in [-0.15, -0.1) is 0 Å². The van der Waals surface area contributed by atoms with Gasteiger partial charge in [0.05, 0.1) is 17.0 Å². The second kappa shape index (κ2) is 11.7. The van der Waals surface area contributed by atoms with Crippen LogP contribution in [-0.2, 0) is 26.2 Å². The SMILES string of the molecule is CC[C@H](C(=O)NC(C)C)N(Cc1ccccc1)C(=O)CN(c1cc(Cl)ccc1Cl)S(C)(=O)=O. The van der Waals surface area contributed by atoms with Crippen molar-refractivity contribution in [2.45, 2.75) is 45.8 Å². The number of hydrogen-bond acceptors (Lipinski definition) is 4. The van der Waals surface area contributed by atoms with Gasteiger partial charge in [0.1, 0.15) is 12.6 Å². The van der Waals surface area contributed by atoms with E-state index in [-0.39, 0.29) is 34.2 Å². The molecule has 0 aliphatic carbocycles. The van der Waals surface area contributed by atoms with Gasteiger partial charge in [-0.05, 0) is 44.0 Å². The molecule has 10 heteroatoms. The van der Waals surface area contributed by atoms with Crippen molar-refractivity contribution in [1.29, 1.82) is 0 Å². The molecule has 7 nitrogen and oxygen atoms in total. The van der Waals surface area contributed by atoms with E-state index in [1.54, 1.807) is 6.92 Å². The Morgan fingerprint density at radius 2 is 1.70 bits per heavy atom. The van der Waals surface area contributed by atoms with Crippen molar-refractivity contribution in [3.8, 4) is 0 Å². The molecule has 0 radical (unpaired) electrons. The Hall–Kier alpha value is -2.29. The summed E-state index contributed by atoms with van der Waals surface area (Å²) in [5.74, 6) is -0.838. The molecule has 180 valence electrons. The zero-order valence-electron chi connectivity index (χ0n) is 19.1. The average Bonchev–Trinajstić information content (AvgIpc) is 2.73. The molecule has 0 unspecified atom stereocenters. The lowest BCUT2D eigenvalue weighted by molar-refractivity contribution is -0.140. The summed E-state index contributed by atoms with van der Waals surface area (Å²) >= 11 is 12.3. The van der Waals surface area contributed by atoms with Crippen LogP contribution in [0.15, 0.2) is 48.5 Å². The summed E-state index contributed by atoms with van der Waals surface area (Å²) in [7, 11) is -3.89. The molecule has 0 fully saturated rings. The van der Waals surface area contributed by atoms with Crippen molar-refractivity contribution >= 4 is 50.7 Å². The zero-order chi connectivity index (χ0) is 24.8. The fraction of sp³-hybridized carbons (Fsp3) is 0.391. The van der Waals surface area contributed by atoms with Crippen molar-refractivity contribution in [1.82, 2.24) is 10.2 Å². The number of anilines is 1. The first-order valence-corrected chi connectivity index (χ1v) is 13.1. The third-order valence-electron chi connectivity index (χ3n) is 4.87. The lowest BCUT2D eigenvalue weighted by atomic mass is 10.1. The number of rotatable bonds is 10. The molecular weight excluding hydrogens is 485 g/mol. The van der Waals surface area contributed by atoms with Gasteiger partial charge in [0, 0.05) is 17.6 Å². The smallest absolute Gasteiger partial charge is 0.244 e. The largest absolute Gasteiger partial charge is 0.352 e. The first-order chi connectivity index (χ1) is 15.4. The van der Waals surface area contributed by atoms with Crippen molar-refractivity contribution in [2.75, 3.05) is 17.1 Å². The van der Waals surface area contributed by atoms with Crippen LogP contribution in [0.5, 0.6) is 0 Å². The lowest BCUT2D eigenvalue weighted by Gasteiger charge is -2.33. The molecule has 0 saturated carbocycles. The highest BCUT2D eigenvalue weighted by Crippen LogP contribution is 2.31. The van der Waals surface area contributed by atoms with Crippen LogP contribution in [0.1, 0.15) is 32.8 Å². The van der Waals surface area contributed by atoms with E-state index in [1.165, 1.54) is 23.1 Å². The minimum absolute atomic E-state index is 0.0966. The third-order valence-corrected chi connectivity index (χ3v) is 6.55. The van der Waals surface area contributed by atoms with Gasteiger partial charge in [0.15, 0.2) is 0 Å². The maximum absolute atomic E-state index is 13.5. The number of nitrogens with one attached hydrogen (secondary N) is 1. The number of carbonyl (C=O) groups is 2. The molecule has 2 aromatic rings. The van der Waals surface area contributed by atoms with E-state index in [4.69, 9.17) is 23.2 Å². The quantitative estimate of drug-likeness (QED) is 0.518. The predicted octanol–water partition coefficient (Wildman–Crippen LogP) is 4.09. The Balaban J connectivity index is 2.46. The number of benzene rings is 2. The van der Waals surface area contributed by atoms with Gasteiger partial charge in [0.25, 0.3) is 0 Å². The monoisotopic (exact) mass is 513 g/mol. The maximum Gasteiger partial charge on any atom is 0.244 e. The predicted molar refractivity (Wildman–Crippen MR) is 133 cm³/mol. The molecule has 0 aliphatic heterocycles. The van der Waals surface area contributed by atoms with Crippen LogP contribution in [0.25, 0.3) is 0 Å². The fourth-order valence-corrected chi connectivity index (χ4v) is 4.64. The molecule has 0 aromatic heterocycles. The van der Waals surface area contributed by atoms with Gasteiger partial charge in [0.2, 0.25) is 21.8 Å². The van der Waals surface area contributed by atoms with Crippen molar-refractivity contribution in [3.05, 3.63) is 64.1 Å². The molecule has 2 rings (SSSR count). The Labute approximate surface area is 205 Å². The molecular formula is C23H29Cl2N3O4S. The summed E-state index contributed by atoms with van der Waals surface area (Å²) in [4.78, 5) is 27.8. The van der Waals surface area contributed by atoms with Crippen molar-refractivity contribution in [2.24, 2.45) is 0 Å². The van der Waals surface area contributed by atoms with Crippen LogP contribution in [0.4, 0.5) is 5.69 Å². The highest BCUT2D eigenvalue weighted by Gasteiger charge is 2.32. The van der Waals surface area contributed by atoms with Crippen LogP contribution < -0.4 is 9.62 Å². The van der Waals surface area contributed by atoms with Crippen LogP contribution >= 0.6 is 23.2 Å². The Morgan fingerprint density at radius 1 is 1.06 bits per heavy atom. The van der Waals surface area contributed by atoms with E-state index in [0.29, 0.717) is 6.42 Å². The summed E-state index contributed by atoms with van der Waals surface area (Å²) in [6, 6.07) is 12.7.